The zero-order valence-corrected chi connectivity index (χ0v) is 8.98. The number of hydrogen-bond donors (Lipinski definition) is 0. The van der Waals surface area contributed by atoms with Gasteiger partial charge in [-0.1, -0.05) is 0 Å². The Bertz CT molecular complexity index is 275. The van der Waals surface area contributed by atoms with E-state index in [9.17, 15) is 4.79 Å². The van der Waals surface area contributed by atoms with E-state index >= 15 is 0 Å². The standard InChI is InChI=1S/C10H14O2S/c1-10(2,12-3)9(11)6-8-4-5-13-7-8/h4-5,7H,6H2,1-3H3. The second kappa shape index (κ2) is 4.03. The molecule has 13 heavy (non-hydrogen) atoms. The summed E-state index contributed by atoms with van der Waals surface area (Å²) in [6.45, 7) is 3.59. The van der Waals surface area contributed by atoms with Crippen molar-refractivity contribution < 1.29 is 9.53 Å². The van der Waals surface area contributed by atoms with Gasteiger partial charge in [0.15, 0.2) is 5.78 Å². The minimum atomic E-state index is -0.665. The highest BCUT2D eigenvalue weighted by molar-refractivity contribution is 7.07. The van der Waals surface area contributed by atoms with E-state index in [1.165, 1.54) is 0 Å². The Balaban J connectivity index is 2.61. The molecule has 0 fully saturated rings. The van der Waals surface area contributed by atoms with E-state index in [2.05, 4.69) is 0 Å². The van der Waals surface area contributed by atoms with Crippen molar-refractivity contribution in [1.82, 2.24) is 0 Å². The lowest BCUT2D eigenvalue weighted by molar-refractivity contribution is -0.136. The number of ketones is 1. The average molecular weight is 198 g/mol. The van der Waals surface area contributed by atoms with Crippen LogP contribution in [0.5, 0.6) is 0 Å². The molecule has 1 aromatic heterocycles. The van der Waals surface area contributed by atoms with Crippen molar-refractivity contribution in [2.75, 3.05) is 7.11 Å². The van der Waals surface area contributed by atoms with Gasteiger partial charge in [-0.15, -0.1) is 0 Å². The normalized spacial score (nSPS) is 11.6. The molecule has 72 valence electrons. The summed E-state index contributed by atoms with van der Waals surface area (Å²) in [7, 11) is 1.56. The van der Waals surface area contributed by atoms with Gasteiger partial charge in [0.2, 0.25) is 0 Å². The van der Waals surface area contributed by atoms with Crippen molar-refractivity contribution in [3.63, 3.8) is 0 Å². The van der Waals surface area contributed by atoms with Gasteiger partial charge in [-0.2, -0.15) is 11.3 Å². The highest BCUT2D eigenvalue weighted by atomic mass is 32.1. The van der Waals surface area contributed by atoms with E-state index in [0.29, 0.717) is 6.42 Å². The Labute approximate surface area is 82.5 Å². The number of carbonyl (C=O) groups excluding carboxylic acids is 1. The molecule has 0 bridgehead atoms. The Morgan fingerprint density at radius 2 is 2.31 bits per heavy atom. The summed E-state index contributed by atoms with van der Waals surface area (Å²) in [4.78, 5) is 11.6. The van der Waals surface area contributed by atoms with Crippen LogP contribution in [0.2, 0.25) is 0 Å². The molecule has 1 rings (SSSR count). The number of ether oxygens (including phenoxy) is 1. The first kappa shape index (κ1) is 10.4. The molecule has 0 saturated carbocycles. The van der Waals surface area contributed by atoms with Gasteiger partial charge in [-0.3, -0.25) is 4.79 Å². The van der Waals surface area contributed by atoms with Gasteiger partial charge in [0.1, 0.15) is 5.60 Å². The number of carbonyl (C=O) groups is 1. The van der Waals surface area contributed by atoms with E-state index in [-0.39, 0.29) is 5.78 Å². The molecule has 1 heterocycles. The predicted molar refractivity (Wildman–Crippen MR) is 54.1 cm³/mol. The molecular formula is C10H14O2S. The quantitative estimate of drug-likeness (QED) is 0.742. The summed E-state index contributed by atoms with van der Waals surface area (Å²) in [5, 5.41) is 3.96. The highest BCUT2D eigenvalue weighted by Gasteiger charge is 2.26. The summed E-state index contributed by atoms with van der Waals surface area (Å²) in [5.41, 5.74) is 0.405. The van der Waals surface area contributed by atoms with Gasteiger partial charge in [0.25, 0.3) is 0 Å². The zero-order chi connectivity index (χ0) is 9.90. The topological polar surface area (TPSA) is 26.3 Å². The fourth-order valence-corrected chi connectivity index (χ4v) is 1.57. The maximum absolute atomic E-state index is 11.6. The number of thiophene rings is 1. The van der Waals surface area contributed by atoms with Crippen LogP contribution in [0.15, 0.2) is 16.8 Å². The molecule has 0 saturated heterocycles. The van der Waals surface area contributed by atoms with Crippen LogP contribution in [0.3, 0.4) is 0 Å². The Morgan fingerprint density at radius 3 is 2.77 bits per heavy atom. The van der Waals surface area contributed by atoms with Crippen molar-refractivity contribution in [3.05, 3.63) is 22.4 Å². The first-order valence-corrected chi connectivity index (χ1v) is 5.10. The van der Waals surface area contributed by atoms with E-state index in [1.54, 1.807) is 32.3 Å². The molecule has 1 aromatic rings. The lowest BCUT2D eigenvalue weighted by Crippen LogP contribution is -2.34. The van der Waals surface area contributed by atoms with Crippen LogP contribution in [0.1, 0.15) is 19.4 Å². The smallest absolute Gasteiger partial charge is 0.168 e. The van der Waals surface area contributed by atoms with Crippen LogP contribution in [-0.2, 0) is 16.0 Å². The predicted octanol–water partition coefficient (Wildman–Crippen LogP) is 2.28. The molecule has 2 nitrogen and oxygen atoms in total. The van der Waals surface area contributed by atoms with Crippen LogP contribution in [0, 0.1) is 0 Å². The van der Waals surface area contributed by atoms with Gasteiger partial charge in [0.05, 0.1) is 0 Å². The fourth-order valence-electron chi connectivity index (χ4n) is 0.905. The summed E-state index contributed by atoms with van der Waals surface area (Å²) < 4.78 is 5.10. The first-order chi connectivity index (χ1) is 6.06. The largest absolute Gasteiger partial charge is 0.371 e. The molecule has 0 atom stereocenters. The van der Waals surface area contributed by atoms with Crippen LogP contribution in [0.4, 0.5) is 0 Å². The van der Waals surface area contributed by atoms with Gasteiger partial charge in [-0.25, -0.2) is 0 Å². The van der Waals surface area contributed by atoms with Crippen molar-refractivity contribution >= 4 is 17.1 Å². The number of hydrogen-bond acceptors (Lipinski definition) is 3. The van der Waals surface area contributed by atoms with Gasteiger partial charge in [-0.05, 0) is 36.2 Å². The molecule has 0 aliphatic heterocycles. The van der Waals surface area contributed by atoms with Crippen LogP contribution >= 0.6 is 11.3 Å². The Hall–Kier alpha value is -0.670. The molecule has 0 spiro atoms. The van der Waals surface area contributed by atoms with Crippen LogP contribution in [0.25, 0.3) is 0 Å². The monoisotopic (exact) mass is 198 g/mol. The molecule has 0 radical (unpaired) electrons. The number of rotatable bonds is 4. The van der Waals surface area contributed by atoms with Crippen LogP contribution in [-0.4, -0.2) is 18.5 Å². The van der Waals surface area contributed by atoms with Crippen molar-refractivity contribution in [3.8, 4) is 0 Å². The maximum atomic E-state index is 11.6. The molecule has 3 heteroatoms. The van der Waals surface area contributed by atoms with Gasteiger partial charge >= 0.3 is 0 Å². The molecular weight excluding hydrogens is 184 g/mol. The number of Topliss-reactive ketones (excluding diaryl/α,β-unsaturated/α-hetero) is 1. The Kier molecular flexibility index (Phi) is 3.22. The third kappa shape index (κ3) is 2.64. The van der Waals surface area contributed by atoms with Crippen molar-refractivity contribution in [2.45, 2.75) is 25.9 Å². The van der Waals surface area contributed by atoms with Crippen LogP contribution < -0.4 is 0 Å². The third-order valence-corrected chi connectivity index (χ3v) is 2.86. The Morgan fingerprint density at radius 1 is 1.62 bits per heavy atom. The van der Waals surface area contributed by atoms with Gasteiger partial charge in [0, 0.05) is 13.5 Å². The van der Waals surface area contributed by atoms with E-state index in [1.807, 2.05) is 16.8 Å². The molecule has 0 aromatic carbocycles. The minimum Gasteiger partial charge on any atom is -0.371 e. The first-order valence-electron chi connectivity index (χ1n) is 4.16. The molecule has 0 unspecified atom stereocenters. The fraction of sp³-hybridized carbons (Fsp3) is 0.500. The average Bonchev–Trinajstić information content (AvgIpc) is 2.57. The van der Waals surface area contributed by atoms with E-state index < -0.39 is 5.60 Å². The summed E-state index contributed by atoms with van der Waals surface area (Å²) in [6.07, 6.45) is 0.463. The summed E-state index contributed by atoms with van der Waals surface area (Å²) >= 11 is 1.61. The summed E-state index contributed by atoms with van der Waals surface area (Å²) in [5.74, 6) is 0.119. The van der Waals surface area contributed by atoms with Crippen molar-refractivity contribution in [2.24, 2.45) is 0 Å². The maximum Gasteiger partial charge on any atom is 0.168 e. The summed E-state index contributed by atoms with van der Waals surface area (Å²) in [6, 6.07) is 1.97. The van der Waals surface area contributed by atoms with Gasteiger partial charge < -0.3 is 4.74 Å². The molecule has 0 aliphatic rings. The van der Waals surface area contributed by atoms with E-state index in [0.717, 1.165) is 5.56 Å². The van der Waals surface area contributed by atoms with E-state index in [4.69, 9.17) is 4.74 Å². The second-order valence-electron chi connectivity index (χ2n) is 3.45. The molecule has 0 N–H and O–H groups in total. The molecule has 0 aliphatic carbocycles. The van der Waals surface area contributed by atoms with Crippen molar-refractivity contribution in [1.29, 1.82) is 0 Å². The second-order valence-corrected chi connectivity index (χ2v) is 4.23. The number of methoxy groups -OCH3 is 1. The lowest BCUT2D eigenvalue weighted by Gasteiger charge is -2.20. The lowest BCUT2D eigenvalue weighted by atomic mass is 9.98. The SMILES string of the molecule is COC(C)(C)C(=O)Cc1ccsc1. The molecule has 0 amide bonds. The zero-order valence-electron chi connectivity index (χ0n) is 8.16. The minimum absolute atomic E-state index is 0.119. The third-order valence-electron chi connectivity index (χ3n) is 2.13. The highest BCUT2D eigenvalue weighted by Crippen LogP contribution is 2.14.